The van der Waals surface area contributed by atoms with Crippen LogP contribution >= 0.6 is 0 Å². The lowest BCUT2D eigenvalue weighted by Gasteiger charge is -2.30. The number of unbranched alkanes of at least 4 members (excludes halogenated alkanes) is 1. The highest BCUT2D eigenvalue weighted by molar-refractivity contribution is 7.88. The fourth-order valence-corrected chi connectivity index (χ4v) is 3.51. The summed E-state index contributed by atoms with van der Waals surface area (Å²) >= 11 is 0. The Morgan fingerprint density at radius 1 is 1.44 bits per heavy atom. The third-order valence-electron chi connectivity index (χ3n) is 3.21. The lowest BCUT2D eigenvalue weighted by atomic mass is 10.0. The van der Waals surface area contributed by atoms with Crippen molar-refractivity contribution in [2.45, 2.75) is 49.9 Å². The lowest BCUT2D eigenvalue weighted by molar-refractivity contribution is -0.0110. The molecule has 1 rings (SSSR count). The van der Waals surface area contributed by atoms with Crippen LogP contribution in [0.4, 0.5) is 0 Å². The van der Waals surface area contributed by atoms with Gasteiger partial charge in [0.2, 0.25) is 0 Å². The number of hydrogen-bond donors (Lipinski definition) is 2. The summed E-state index contributed by atoms with van der Waals surface area (Å²) in [6.45, 7) is 2.83. The van der Waals surface area contributed by atoms with E-state index in [1.165, 1.54) is 6.92 Å². The minimum absolute atomic E-state index is 0.141. The van der Waals surface area contributed by atoms with Gasteiger partial charge < -0.3 is 10.2 Å². The molecule has 0 aromatic rings. The van der Waals surface area contributed by atoms with Crippen molar-refractivity contribution in [3.8, 4) is 0 Å². The maximum atomic E-state index is 11.9. The van der Waals surface area contributed by atoms with Crippen LogP contribution in [0.2, 0.25) is 0 Å². The van der Waals surface area contributed by atoms with E-state index in [0.29, 0.717) is 19.3 Å². The predicted octanol–water partition coefficient (Wildman–Crippen LogP) is 0.409. The second kappa shape index (κ2) is 4.60. The summed E-state index contributed by atoms with van der Waals surface area (Å²) in [5, 5.41) is 18.9. The van der Waals surface area contributed by atoms with Gasteiger partial charge in [-0.05, 0) is 26.2 Å². The molecule has 0 amide bonds. The molecule has 6 heteroatoms. The zero-order chi connectivity index (χ0) is 12.4. The van der Waals surface area contributed by atoms with E-state index in [-0.39, 0.29) is 6.61 Å². The van der Waals surface area contributed by atoms with E-state index in [9.17, 15) is 13.5 Å². The Morgan fingerprint density at radius 3 is 2.38 bits per heavy atom. The molecule has 0 heterocycles. The third-order valence-corrected chi connectivity index (χ3v) is 5.49. The molecule has 1 saturated carbocycles. The van der Waals surface area contributed by atoms with Crippen LogP contribution < -0.4 is 0 Å². The number of hydrogen-bond acceptors (Lipinski definition) is 5. The highest BCUT2D eigenvalue weighted by Crippen LogP contribution is 2.52. The fraction of sp³-hybridized carbons (Fsp3) is 1.00. The molecule has 2 N–H and O–H groups in total. The first-order valence-electron chi connectivity index (χ1n) is 5.55. The van der Waals surface area contributed by atoms with E-state index in [2.05, 4.69) is 0 Å². The highest BCUT2D eigenvalue weighted by Gasteiger charge is 2.66. The first-order valence-corrected chi connectivity index (χ1v) is 6.96. The van der Waals surface area contributed by atoms with Crippen LogP contribution in [-0.2, 0) is 14.3 Å². The number of aliphatic hydroxyl groups is 2. The molecule has 1 fully saturated rings. The van der Waals surface area contributed by atoms with Crippen molar-refractivity contribution in [1.82, 2.24) is 0 Å². The van der Waals surface area contributed by atoms with Gasteiger partial charge in [-0.15, -0.1) is 0 Å². The fourth-order valence-electron chi connectivity index (χ4n) is 1.74. The molecule has 1 unspecified atom stereocenters. The standard InChI is InChI=1S/C10H20O5S/c1-3-4-7-15-16(13,14)10(5-6-10)9(2,12)8-11/h11-12H,3-8H2,1-2H3. The first-order chi connectivity index (χ1) is 7.33. The molecule has 0 aliphatic heterocycles. The van der Waals surface area contributed by atoms with Crippen molar-refractivity contribution < 1.29 is 22.8 Å². The average Bonchev–Trinajstić information content (AvgIpc) is 2.99. The SMILES string of the molecule is CCCCOS(=O)(=O)C1(C(C)(O)CO)CC1. The third kappa shape index (κ3) is 2.25. The van der Waals surface area contributed by atoms with Crippen molar-refractivity contribution in [1.29, 1.82) is 0 Å². The summed E-state index contributed by atoms with van der Waals surface area (Å²) in [5.74, 6) is 0. The molecule has 0 aromatic heterocycles. The number of aliphatic hydroxyl groups excluding tert-OH is 1. The Morgan fingerprint density at radius 2 is 2.00 bits per heavy atom. The predicted molar refractivity (Wildman–Crippen MR) is 59.5 cm³/mol. The zero-order valence-electron chi connectivity index (χ0n) is 9.77. The van der Waals surface area contributed by atoms with Crippen LogP contribution in [0.25, 0.3) is 0 Å². The quantitative estimate of drug-likeness (QED) is 0.506. The average molecular weight is 252 g/mol. The summed E-state index contributed by atoms with van der Waals surface area (Å²) in [4.78, 5) is 0. The van der Waals surface area contributed by atoms with Crippen LogP contribution in [0, 0.1) is 0 Å². The van der Waals surface area contributed by atoms with Gasteiger partial charge in [0.1, 0.15) is 10.3 Å². The van der Waals surface area contributed by atoms with Crippen LogP contribution in [0.15, 0.2) is 0 Å². The molecular weight excluding hydrogens is 232 g/mol. The maximum Gasteiger partial charge on any atom is 0.276 e. The molecule has 1 aliphatic carbocycles. The summed E-state index contributed by atoms with van der Waals surface area (Å²) in [5.41, 5.74) is -1.63. The summed E-state index contributed by atoms with van der Waals surface area (Å²) < 4.78 is 27.4. The van der Waals surface area contributed by atoms with Crippen molar-refractivity contribution in [3.63, 3.8) is 0 Å². The van der Waals surface area contributed by atoms with E-state index in [4.69, 9.17) is 9.29 Å². The molecule has 0 radical (unpaired) electrons. The van der Waals surface area contributed by atoms with Gasteiger partial charge >= 0.3 is 0 Å². The molecule has 0 aromatic carbocycles. The monoisotopic (exact) mass is 252 g/mol. The topological polar surface area (TPSA) is 83.8 Å². The van der Waals surface area contributed by atoms with Crippen LogP contribution in [-0.4, -0.2) is 42.2 Å². The first kappa shape index (κ1) is 13.9. The van der Waals surface area contributed by atoms with Crippen LogP contribution in [0.5, 0.6) is 0 Å². The maximum absolute atomic E-state index is 11.9. The molecule has 1 atom stereocenters. The van der Waals surface area contributed by atoms with Crippen molar-refractivity contribution in [2.75, 3.05) is 13.2 Å². The molecule has 5 nitrogen and oxygen atoms in total. The van der Waals surface area contributed by atoms with Crippen molar-refractivity contribution in [2.24, 2.45) is 0 Å². The molecule has 0 bridgehead atoms. The smallest absolute Gasteiger partial charge is 0.276 e. The minimum atomic E-state index is -3.80. The second-order valence-electron chi connectivity index (χ2n) is 4.56. The van der Waals surface area contributed by atoms with Crippen LogP contribution in [0.1, 0.15) is 39.5 Å². The van der Waals surface area contributed by atoms with E-state index in [1.807, 2.05) is 6.92 Å². The van der Waals surface area contributed by atoms with E-state index >= 15 is 0 Å². The Kier molecular flexibility index (Phi) is 3.99. The van der Waals surface area contributed by atoms with Gasteiger partial charge in [0.05, 0.1) is 13.2 Å². The van der Waals surface area contributed by atoms with Gasteiger partial charge in [-0.25, -0.2) is 0 Å². The van der Waals surface area contributed by atoms with Crippen molar-refractivity contribution >= 4 is 10.1 Å². The lowest BCUT2D eigenvalue weighted by Crippen LogP contribution is -2.50. The number of rotatable bonds is 7. The van der Waals surface area contributed by atoms with Gasteiger partial charge in [-0.2, -0.15) is 8.42 Å². The summed E-state index contributed by atoms with van der Waals surface area (Å²) in [7, 11) is -3.80. The largest absolute Gasteiger partial charge is 0.393 e. The van der Waals surface area contributed by atoms with Gasteiger partial charge in [0.25, 0.3) is 10.1 Å². The van der Waals surface area contributed by atoms with E-state index < -0.39 is 27.1 Å². The minimum Gasteiger partial charge on any atom is -0.393 e. The Bertz CT molecular complexity index is 329. The second-order valence-corrected chi connectivity index (χ2v) is 6.48. The Balaban J connectivity index is 2.76. The van der Waals surface area contributed by atoms with E-state index in [0.717, 1.165) is 6.42 Å². The van der Waals surface area contributed by atoms with Gasteiger partial charge in [-0.3, -0.25) is 4.18 Å². The molecule has 0 spiro atoms. The molecule has 96 valence electrons. The molecule has 1 aliphatic rings. The highest BCUT2D eigenvalue weighted by atomic mass is 32.2. The zero-order valence-corrected chi connectivity index (χ0v) is 10.6. The Labute approximate surface area is 96.6 Å². The molecular formula is C10H20O5S. The van der Waals surface area contributed by atoms with Gasteiger partial charge in [0.15, 0.2) is 0 Å². The van der Waals surface area contributed by atoms with Crippen LogP contribution in [0.3, 0.4) is 0 Å². The molecule has 0 saturated heterocycles. The Hall–Kier alpha value is -0.170. The summed E-state index contributed by atoms with van der Waals surface area (Å²) in [6, 6.07) is 0. The normalized spacial score (nSPS) is 22.8. The van der Waals surface area contributed by atoms with Crippen molar-refractivity contribution in [3.05, 3.63) is 0 Å². The van der Waals surface area contributed by atoms with Gasteiger partial charge in [-0.1, -0.05) is 13.3 Å². The van der Waals surface area contributed by atoms with E-state index in [1.54, 1.807) is 0 Å². The summed E-state index contributed by atoms with van der Waals surface area (Å²) in [6.07, 6.45) is 2.19. The molecule has 16 heavy (non-hydrogen) atoms. The van der Waals surface area contributed by atoms with Gasteiger partial charge in [0, 0.05) is 0 Å².